The van der Waals surface area contributed by atoms with Gasteiger partial charge in [-0.05, 0) is 33.9 Å². The molecule has 0 aromatic rings. The van der Waals surface area contributed by atoms with Crippen molar-refractivity contribution in [2.45, 2.75) is 59.6 Å². The van der Waals surface area contributed by atoms with Gasteiger partial charge < -0.3 is 13.6 Å². The second-order valence-corrected chi connectivity index (χ2v) is 8.48. The van der Waals surface area contributed by atoms with Crippen molar-refractivity contribution >= 4 is 14.5 Å². The SMILES string of the molecule is C=C(C)C(=O)OC(C)(C)O[Si](C)(C)OC(C)C. The van der Waals surface area contributed by atoms with Gasteiger partial charge in [-0.25, -0.2) is 4.79 Å². The highest BCUT2D eigenvalue weighted by atomic mass is 28.4. The molecule has 0 radical (unpaired) electrons. The van der Waals surface area contributed by atoms with E-state index in [1.165, 1.54) is 0 Å². The van der Waals surface area contributed by atoms with Crippen LogP contribution in [0.2, 0.25) is 13.1 Å². The zero-order valence-electron chi connectivity index (χ0n) is 11.9. The summed E-state index contributed by atoms with van der Waals surface area (Å²) in [5, 5.41) is 0. The lowest BCUT2D eigenvalue weighted by Gasteiger charge is -2.34. The van der Waals surface area contributed by atoms with E-state index in [2.05, 4.69) is 6.58 Å². The fourth-order valence-corrected chi connectivity index (χ4v) is 3.92. The Morgan fingerprint density at radius 3 is 2.12 bits per heavy atom. The zero-order chi connectivity index (χ0) is 13.9. The van der Waals surface area contributed by atoms with E-state index in [-0.39, 0.29) is 6.10 Å². The van der Waals surface area contributed by atoms with E-state index < -0.39 is 20.3 Å². The molecule has 0 saturated heterocycles. The third-order valence-corrected chi connectivity index (χ3v) is 3.72. The molecule has 100 valence electrons. The van der Waals surface area contributed by atoms with Crippen molar-refractivity contribution in [3.8, 4) is 0 Å². The summed E-state index contributed by atoms with van der Waals surface area (Å²) in [5.41, 5.74) is 0.353. The van der Waals surface area contributed by atoms with Crippen molar-refractivity contribution in [1.29, 1.82) is 0 Å². The van der Waals surface area contributed by atoms with E-state index in [0.717, 1.165) is 0 Å². The van der Waals surface area contributed by atoms with Gasteiger partial charge in [-0.15, -0.1) is 0 Å². The average molecular weight is 260 g/mol. The molecule has 0 N–H and O–H groups in total. The lowest BCUT2D eigenvalue weighted by atomic mass is 10.3. The zero-order valence-corrected chi connectivity index (χ0v) is 12.9. The van der Waals surface area contributed by atoms with Gasteiger partial charge in [0, 0.05) is 25.5 Å². The Labute approximate surface area is 105 Å². The summed E-state index contributed by atoms with van der Waals surface area (Å²) in [6.45, 7) is 16.3. The molecule has 0 atom stereocenters. The van der Waals surface area contributed by atoms with E-state index in [1.807, 2.05) is 26.9 Å². The molecule has 0 aliphatic carbocycles. The van der Waals surface area contributed by atoms with Crippen LogP contribution in [-0.4, -0.2) is 26.4 Å². The molecule has 0 unspecified atom stereocenters. The predicted octanol–water partition coefficient (Wildman–Crippen LogP) is 2.99. The molecule has 0 saturated carbocycles. The Morgan fingerprint density at radius 2 is 1.76 bits per heavy atom. The van der Waals surface area contributed by atoms with Crippen molar-refractivity contribution in [2.75, 3.05) is 0 Å². The van der Waals surface area contributed by atoms with Gasteiger partial charge >= 0.3 is 14.5 Å². The van der Waals surface area contributed by atoms with E-state index in [9.17, 15) is 4.79 Å². The minimum Gasteiger partial charge on any atom is -0.431 e. The molecule has 0 rings (SSSR count). The number of rotatable bonds is 6. The maximum absolute atomic E-state index is 11.4. The third-order valence-electron chi connectivity index (χ3n) is 1.70. The molecule has 0 bridgehead atoms. The Balaban J connectivity index is 4.52. The molecular weight excluding hydrogens is 236 g/mol. The van der Waals surface area contributed by atoms with Crippen LogP contribution in [0.1, 0.15) is 34.6 Å². The monoisotopic (exact) mass is 260 g/mol. The van der Waals surface area contributed by atoms with Gasteiger partial charge in [-0.2, -0.15) is 0 Å². The van der Waals surface area contributed by atoms with Gasteiger partial charge in [0.2, 0.25) is 5.79 Å². The fraction of sp³-hybridized carbons (Fsp3) is 0.750. The second kappa shape index (κ2) is 5.80. The maximum atomic E-state index is 11.4. The van der Waals surface area contributed by atoms with Crippen molar-refractivity contribution in [3.63, 3.8) is 0 Å². The van der Waals surface area contributed by atoms with Gasteiger partial charge in [0.05, 0.1) is 0 Å². The smallest absolute Gasteiger partial charge is 0.335 e. The number of carbonyl (C=O) groups excluding carboxylic acids is 1. The summed E-state index contributed by atoms with van der Waals surface area (Å²) < 4.78 is 16.7. The Hall–Kier alpha value is -0.653. The molecule has 5 heteroatoms. The number of carbonyl (C=O) groups is 1. The van der Waals surface area contributed by atoms with Crippen LogP contribution < -0.4 is 0 Å². The van der Waals surface area contributed by atoms with Crippen LogP contribution in [0, 0.1) is 0 Å². The van der Waals surface area contributed by atoms with Crippen LogP contribution in [0.3, 0.4) is 0 Å². The van der Waals surface area contributed by atoms with Gasteiger partial charge in [0.25, 0.3) is 0 Å². The molecule has 0 aromatic carbocycles. The first-order valence-electron chi connectivity index (χ1n) is 5.72. The average Bonchev–Trinajstić information content (AvgIpc) is 1.96. The number of ether oxygens (including phenoxy) is 1. The molecule has 0 amide bonds. The second-order valence-electron chi connectivity index (χ2n) is 5.24. The summed E-state index contributed by atoms with van der Waals surface area (Å²) in [4.78, 5) is 11.4. The van der Waals surface area contributed by atoms with Crippen LogP contribution in [0.4, 0.5) is 0 Å². The first kappa shape index (κ1) is 16.3. The van der Waals surface area contributed by atoms with E-state index in [1.54, 1.807) is 20.8 Å². The minimum atomic E-state index is -2.31. The van der Waals surface area contributed by atoms with Gasteiger partial charge in [0.15, 0.2) is 0 Å². The lowest BCUT2D eigenvalue weighted by Crippen LogP contribution is -2.47. The Bertz CT molecular complexity index is 295. The maximum Gasteiger partial charge on any atom is 0.335 e. The van der Waals surface area contributed by atoms with Crippen LogP contribution in [0.5, 0.6) is 0 Å². The highest BCUT2D eigenvalue weighted by Crippen LogP contribution is 2.21. The Kier molecular flexibility index (Phi) is 5.57. The number of hydrogen-bond donors (Lipinski definition) is 0. The molecule has 0 aromatic heterocycles. The molecule has 0 aliphatic rings. The first-order valence-corrected chi connectivity index (χ1v) is 8.54. The largest absolute Gasteiger partial charge is 0.431 e. The quantitative estimate of drug-likeness (QED) is 0.319. The predicted molar refractivity (Wildman–Crippen MR) is 69.8 cm³/mol. The molecule has 0 heterocycles. The highest BCUT2D eigenvalue weighted by Gasteiger charge is 2.36. The summed E-state index contributed by atoms with van der Waals surface area (Å²) in [5.74, 6) is -1.45. The normalized spacial score (nSPS) is 12.7. The van der Waals surface area contributed by atoms with Crippen molar-refractivity contribution < 1.29 is 18.4 Å². The van der Waals surface area contributed by atoms with Crippen LogP contribution >= 0.6 is 0 Å². The van der Waals surface area contributed by atoms with Gasteiger partial charge in [-0.3, -0.25) is 0 Å². The molecular formula is C12H24O4Si. The topological polar surface area (TPSA) is 44.8 Å². The van der Waals surface area contributed by atoms with Crippen LogP contribution in [0.15, 0.2) is 12.2 Å². The highest BCUT2D eigenvalue weighted by molar-refractivity contribution is 6.64. The van der Waals surface area contributed by atoms with Crippen LogP contribution in [-0.2, 0) is 18.4 Å². The summed E-state index contributed by atoms with van der Waals surface area (Å²) in [7, 11) is -2.31. The Morgan fingerprint density at radius 1 is 1.29 bits per heavy atom. The molecule has 0 spiro atoms. The summed E-state index contributed by atoms with van der Waals surface area (Å²) in [6.07, 6.45) is 0.0873. The number of hydrogen-bond acceptors (Lipinski definition) is 4. The van der Waals surface area contributed by atoms with Crippen molar-refractivity contribution in [2.24, 2.45) is 0 Å². The summed E-state index contributed by atoms with van der Waals surface area (Å²) >= 11 is 0. The number of esters is 1. The molecule has 4 nitrogen and oxygen atoms in total. The fourth-order valence-electron chi connectivity index (χ4n) is 1.51. The van der Waals surface area contributed by atoms with E-state index in [0.29, 0.717) is 5.57 Å². The molecule has 0 aliphatic heterocycles. The lowest BCUT2D eigenvalue weighted by molar-refractivity contribution is -0.188. The minimum absolute atomic E-state index is 0.0873. The molecule has 0 fully saturated rings. The first-order chi connectivity index (χ1) is 7.45. The van der Waals surface area contributed by atoms with E-state index >= 15 is 0 Å². The summed E-state index contributed by atoms with van der Waals surface area (Å²) in [6, 6.07) is 0. The standard InChI is InChI=1S/C12H24O4Si/c1-9(2)11(13)14-12(5,6)16-17(7,8)15-10(3)4/h10H,1H2,2-8H3. The molecule has 17 heavy (non-hydrogen) atoms. The van der Waals surface area contributed by atoms with Crippen LogP contribution in [0.25, 0.3) is 0 Å². The van der Waals surface area contributed by atoms with Crippen molar-refractivity contribution in [1.82, 2.24) is 0 Å². The van der Waals surface area contributed by atoms with Crippen molar-refractivity contribution in [3.05, 3.63) is 12.2 Å². The van der Waals surface area contributed by atoms with E-state index in [4.69, 9.17) is 13.6 Å². The van der Waals surface area contributed by atoms with Gasteiger partial charge in [-0.1, -0.05) is 6.58 Å². The third kappa shape index (κ3) is 7.30. The van der Waals surface area contributed by atoms with Gasteiger partial charge in [0.1, 0.15) is 0 Å².